The molecule has 0 unspecified atom stereocenters. The number of hydrogen-bond acceptors (Lipinski definition) is 5. The molecule has 0 aliphatic rings. The molecule has 3 rings (SSSR count). The summed E-state index contributed by atoms with van der Waals surface area (Å²) in [4.78, 5) is 12.4. The minimum absolute atomic E-state index is 0.100. The first-order valence-electron chi connectivity index (χ1n) is 10.6. The van der Waals surface area contributed by atoms with E-state index in [-0.39, 0.29) is 12.5 Å². The third-order valence-electron chi connectivity index (χ3n) is 4.91. The molecule has 0 atom stereocenters. The molecule has 0 aliphatic carbocycles. The van der Waals surface area contributed by atoms with Crippen molar-refractivity contribution in [3.05, 3.63) is 77.4 Å². The third-order valence-corrected chi connectivity index (χ3v) is 4.91. The zero-order valence-corrected chi connectivity index (χ0v) is 19.0. The molecule has 0 aromatic heterocycles. The van der Waals surface area contributed by atoms with E-state index in [0.717, 1.165) is 33.8 Å². The van der Waals surface area contributed by atoms with E-state index in [1.807, 2.05) is 81.4 Å². The Bertz CT molecular complexity index is 1050. The van der Waals surface area contributed by atoms with Gasteiger partial charge in [0.25, 0.3) is 5.91 Å². The minimum atomic E-state index is -0.218. The van der Waals surface area contributed by atoms with Crippen molar-refractivity contribution in [1.82, 2.24) is 0 Å². The lowest BCUT2D eigenvalue weighted by Crippen LogP contribution is -2.21. The number of benzene rings is 3. The monoisotopic (exact) mass is 434 g/mol. The highest BCUT2D eigenvalue weighted by Gasteiger charge is 2.11. The molecule has 0 aliphatic heterocycles. The van der Waals surface area contributed by atoms with Crippen LogP contribution in [0.25, 0.3) is 0 Å². The fourth-order valence-electron chi connectivity index (χ4n) is 3.25. The van der Waals surface area contributed by atoms with Crippen LogP contribution in [0.5, 0.6) is 17.2 Å². The van der Waals surface area contributed by atoms with Crippen molar-refractivity contribution < 1.29 is 19.0 Å². The zero-order chi connectivity index (χ0) is 22.9. The van der Waals surface area contributed by atoms with Crippen LogP contribution >= 0.6 is 0 Å². The van der Waals surface area contributed by atoms with Crippen LogP contribution in [-0.4, -0.2) is 26.2 Å². The Morgan fingerprint density at radius 2 is 1.69 bits per heavy atom. The van der Waals surface area contributed by atoms with Gasteiger partial charge in [0.2, 0.25) is 0 Å². The van der Waals surface area contributed by atoms with E-state index in [2.05, 4.69) is 10.6 Å². The molecule has 0 heterocycles. The molecular formula is C26H30N2O4. The number of hydrogen-bond donors (Lipinski definition) is 2. The van der Waals surface area contributed by atoms with Gasteiger partial charge in [-0.25, -0.2) is 0 Å². The average molecular weight is 435 g/mol. The molecular weight excluding hydrogens is 404 g/mol. The zero-order valence-electron chi connectivity index (χ0n) is 19.0. The van der Waals surface area contributed by atoms with Crippen LogP contribution in [0.4, 0.5) is 11.4 Å². The maximum absolute atomic E-state index is 12.4. The fourth-order valence-corrected chi connectivity index (χ4v) is 3.25. The number of nitrogens with one attached hydrogen (secondary N) is 2. The van der Waals surface area contributed by atoms with E-state index in [9.17, 15) is 4.79 Å². The van der Waals surface area contributed by atoms with Crippen molar-refractivity contribution in [2.24, 2.45) is 0 Å². The average Bonchev–Trinajstić information content (AvgIpc) is 2.79. The van der Waals surface area contributed by atoms with Crippen molar-refractivity contribution in [2.45, 2.75) is 27.3 Å². The molecule has 168 valence electrons. The molecule has 3 aromatic rings. The summed E-state index contributed by atoms with van der Waals surface area (Å²) in [6.07, 6.45) is 0. The van der Waals surface area contributed by atoms with Crippen LogP contribution in [0.1, 0.15) is 23.6 Å². The van der Waals surface area contributed by atoms with Gasteiger partial charge in [-0.15, -0.1) is 0 Å². The number of anilines is 2. The SMILES string of the molecule is CCOc1cc(CNc2ccc(OC)cc2)ccc1OCC(=O)Nc1ccc(C)cc1C. The fraction of sp³-hybridized carbons (Fsp3) is 0.269. The van der Waals surface area contributed by atoms with Crippen LogP contribution in [0.15, 0.2) is 60.7 Å². The van der Waals surface area contributed by atoms with Gasteiger partial charge in [0.15, 0.2) is 18.1 Å². The summed E-state index contributed by atoms with van der Waals surface area (Å²) in [5.74, 6) is 1.75. The molecule has 0 saturated carbocycles. The lowest BCUT2D eigenvalue weighted by Gasteiger charge is -2.15. The summed E-state index contributed by atoms with van der Waals surface area (Å²) in [5.41, 5.74) is 4.99. The van der Waals surface area contributed by atoms with Crippen LogP contribution in [0, 0.1) is 13.8 Å². The summed E-state index contributed by atoms with van der Waals surface area (Å²) < 4.78 is 16.7. The van der Waals surface area contributed by atoms with Crippen LogP contribution < -0.4 is 24.8 Å². The Morgan fingerprint density at radius 1 is 0.906 bits per heavy atom. The van der Waals surface area contributed by atoms with Crippen molar-refractivity contribution in [2.75, 3.05) is 31.0 Å². The standard InChI is InChI=1S/C26H30N2O4/c1-5-31-25-15-20(16-27-21-8-10-22(30-4)11-9-21)7-13-24(25)32-17-26(29)28-23-12-6-18(2)14-19(23)3/h6-15,27H,5,16-17H2,1-4H3,(H,28,29). The lowest BCUT2D eigenvalue weighted by molar-refractivity contribution is -0.118. The van der Waals surface area contributed by atoms with Gasteiger partial charge < -0.3 is 24.8 Å². The van der Waals surface area contributed by atoms with E-state index in [4.69, 9.17) is 14.2 Å². The van der Waals surface area contributed by atoms with E-state index < -0.39 is 0 Å². The Balaban J connectivity index is 1.60. The quantitative estimate of drug-likeness (QED) is 0.451. The van der Waals surface area contributed by atoms with Crippen LogP contribution in [-0.2, 0) is 11.3 Å². The van der Waals surface area contributed by atoms with Crippen molar-refractivity contribution in [1.29, 1.82) is 0 Å². The molecule has 0 bridgehead atoms. The molecule has 1 amide bonds. The molecule has 0 radical (unpaired) electrons. The summed E-state index contributed by atoms with van der Waals surface area (Å²) >= 11 is 0. The number of amides is 1. The highest BCUT2D eigenvalue weighted by Crippen LogP contribution is 2.29. The Kier molecular flexibility index (Phi) is 7.97. The third kappa shape index (κ3) is 6.41. The van der Waals surface area contributed by atoms with Gasteiger partial charge in [0, 0.05) is 17.9 Å². The second-order valence-corrected chi connectivity index (χ2v) is 7.45. The first kappa shape index (κ1) is 23.0. The molecule has 0 spiro atoms. The normalized spacial score (nSPS) is 10.4. The summed E-state index contributed by atoms with van der Waals surface area (Å²) in [6.45, 7) is 6.93. The second-order valence-electron chi connectivity index (χ2n) is 7.45. The molecule has 0 saturated heterocycles. The highest BCUT2D eigenvalue weighted by atomic mass is 16.5. The number of rotatable bonds is 10. The molecule has 2 N–H and O–H groups in total. The predicted molar refractivity (Wildman–Crippen MR) is 128 cm³/mol. The first-order chi connectivity index (χ1) is 15.5. The molecule has 6 nitrogen and oxygen atoms in total. The van der Waals surface area contributed by atoms with Crippen molar-refractivity contribution in [3.8, 4) is 17.2 Å². The van der Waals surface area contributed by atoms with Gasteiger partial charge in [0.1, 0.15) is 5.75 Å². The molecule has 3 aromatic carbocycles. The minimum Gasteiger partial charge on any atom is -0.497 e. The van der Waals surface area contributed by atoms with Crippen LogP contribution in [0.2, 0.25) is 0 Å². The number of carbonyl (C=O) groups is 1. The van der Waals surface area contributed by atoms with Gasteiger partial charge >= 0.3 is 0 Å². The van der Waals surface area contributed by atoms with Gasteiger partial charge in [-0.2, -0.15) is 0 Å². The maximum Gasteiger partial charge on any atom is 0.262 e. The topological polar surface area (TPSA) is 68.8 Å². The number of methoxy groups -OCH3 is 1. The Morgan fingerprint density at radius 3 is 2.38 bits per heavy atom. The maximum atomic E-state index is 12.4. The van der Waals surface area contributed by atoms with Gasteiger partial charge in [-0.05, 0) is 74.4 Å². The smallest absolute Gasteiger partial charge is 0.262 e. The summed E-state index contributed by atoms with van der Waals surface area (Å²) in [5, 5.41) is 6.27. The molecule has 32 heavy (non-hydrogen) atoms. The van der Waals surface area contributed by atoms with Gasteiger partial charge in [0.05, 0.1) is 13.7 Å². The molecule has 6 heteroatoms. The van der Waals surface area contributed by atoms with E-state index >= 15 is 0 Å². The highest BCUT2D eigenvalue weighted by molar-refractivity contribution is 5.92. The Hall–Kier alpha value is -3.67. The van der Waals surface area contributed by atoms with Crippen molar-refractivity contribution >= 4 is 17.3 Å². The predicted octanol–water partition coefficient (Wildman–Crippen LogP) is 5.34. The summed E-state index contributed by atoms with van der Waals surface area (Å²) in [6, 6.07) is 19.4. The van der Waals surface area contributed by atoms with Gasteiger partial charge in [-0.3, -0.25) is 4.79 Å². The van der Waals surface area contributed by atoms with Crippen LogP contribution in [0.3, 0.4) is 0 Å². The number of carbonyl (C=O) groups excluding carboxylic acids is 1. The number of aryl methyl sites for hydroxylation is 2. The second kappa shape index (κ2) is 11.1. The summed E-state index contributed by atoms with van der Waals surface area (Å²) in [7, 11) is 1.65. The number of ether oxygens (including phenoxy) is 3. The first-order valence-corrected chi connectivity index (χ1v) is 10.6. The lowest BCUT2D eigenvalue weighted by atomic mass is 10.1. The Labute approximate surface area is 189 Å². The largest absolute Gasteiger partial charge is 0.497 e. The van der Waals surface area contributed by atoms with Gasteiger partial charge in [-0.1, -0.05) is 23.8 Å². The molecule has 0 fully saturated rings. The van der Waals surface area contributed by atoms with E-state index in [1.165, 1.54) is 0 Å². The van der Waals surface area contributed by atoms with E-state index in [0.29, 0.717) is 24.7 Å². The van der Waals surface area contributed by atoms with E-state index in [1.54, 1.807) is 7.11 Å². The van der Waals surface area contributed by atoms with Crippen molar-refractivity contribution in [3.63, 3.8) is 0 Å².